The third-order valence-corrected chi connectivity index (χ3v) is 4.59. The van der Waals surface area contributed by atoms with Crippen LogP contribution in [-0.4, -0.2) is 31.6 Å². The van der Waals surface area contributed by atoms with Crippen molar-refractivity contribution in [1.29, 1.82) is 0 Å². The molecule has 1 aliphatic heterocycles. The predicted molar refractivity (Wildman–Crippen MR) is 96.8 cm³/mol. The summed E-state index contributed by atoms with van der Waals surface area (Å²) in [6.45, 7) is 3.66. The topological polar surface area (TPSA) is 101 Å². The second kappa shape index (κ2) is 6.55. The average Bonchev–Trinajstić information content (AvgIpc) is 3.15. The number of rotatable bonds is 4. The van der Waals surface area contributed by atoms with Crippen LogP contribution in [0.2, 0.25) is 0 Å². The monoisotopic (exact) mass is 350 g/mol. The highest BCUT2D eigenvalue weighted by Gasteiger charge is 2.20. The number of anilines is 1. The molecule has 1 N–H and O–H groups in total. The van der Waals surface area contributed by atoms with Crippen LogP contribution in [-0.2, 0) is 19.4 Å². The Hall–Kier alpha value is -3.29. The molecule has 1 aromatic carbocycles. The van der Waals surface area contributed by atoms with E-state index in [9.17, 15) is 10.1 Å². The molecule has 3 aromatic rings. The number of H-pyrrole nitrogens is 1. The maximum atomic E-state index is 10.8. The molecule has 0 bridgehead atoms. The van der Waals surface area contributed by atoms with Crippen LogP contribution in [0, 0.1) is 10.1 Å². The number of nitro groups is 1. The second-order valence-electron chi connectivity index (χ2n) is 6.24. The molecule has 8 nitrogen and oxygen atoms in total. The van der Waals surface area contributed by atoms with Gasteiger partial charge in [-0.1, -0.05) is 6.92 Å². The Bertz CT molecular complexity index is 951. The van der Waals surface area contributed by atoms with Crippen molar-refractivity contribution >= 4 is 11.5 Å². The van der Waals surface area contributed by atoms with Crippen molar-refractivity contribution in [1.82, 2.24) is 20.2 Å². The minimum atomic E-state index is -0.408. The number of aromatic nitrogens is 4. The number of nitrogens with one attached hydrogen (secondary N) is 1. The molecule has 0 saturated carbocycles. The highest BCUT2D eigenvalue weighted by Crippen LogP contribution is 2.26. The summed E-state index contributed by atoms with van der Waals surface area (Å²) in [6, 6.07) is 8.37. The number of aryl methyl sites for hydroxylation is 1. The molecule has 0 spiro atoms. The predicted octanol–water partition coefficient (Wildman–Crippen LogP) is 2.90. The Balaban J connectivity index is 1.68. The van der Waals surface area contributed by atoms with Crippen LogP contribution in [0.5, 0.6) is 0 Å². The minimum absolute atomic E-state index is 0.0594. The lowest BCUT2D eigenvalue weighted by atomic mass is 10.1. The fourth-order valence-corrected chi connectivity index (χ4v) is 3.11. The Morgan fingerprint density at radius 3 is 2.81 bits per heavy atom. The fourth-order valence-electron chi connectivity index (χ4n) is 3.11. The molecule has 8 heteroatoms. The van der Waals surface area contributed by atoms with Gasteiger partial charge in [0.25, 0.3) is 5.69 Å². The second-order valence-corrected chi connectivity index (χ2v) is 6.24. The van der Waals surface area contributed by atoms with Gasteiger partial charge in [0, 0.05) is 60.2 Å². The molecule has 132 valence electrons. The van der Waals surface area contributed by atoms with Crippen LogP contribution in [0.1, 0.15) is 23.9 Å². The van der Waals surface area contributed by atoms with Gasteiger partial charge in [0.2, 0.25) is 0 Å². The van der Waals surface area contributed by atoms with Crippen molar-refractivity contribution in [2.75, 3.05) is 11.4 Å². The maximum absolute atomic E-state index is 10.8. The van der Waals surface area contributed by atoms with Gasteiger partial charge in [-0.15, -0.1) is 0 Å². The van der Waals surface area contributed by atoms with Gasteiger partial charge in [0.1, 0.15) is 5.82 Å². The molecule has 3 heterocycles. The van der Waals surface area contributed by atoms with Gasteiger partial charge in [-0.05, 0) is 18.6 Å². The third kappa shape index (κ3) is 3.01. The van der Waals surface area contributed by atoms with Crippen LogP contribution in [0.3, 0.4) is 0 Å². The number of nitro benzene ring substituents is 1. The van der Waals surface area contributed by atoms with Gasteiger partial charge in [-0.2, -0.15) is 5.10 Å². The summed E-state index contributed by atoms with van der Waals surface area (Å²) in [4.78, 5) is 22.0. The van der Waals surface area contributed by atoms with Crippen molar-refractivity contribution in [2.24, 2.45) is 0 Å². The summed E-state index contributed by atoms with van der Waals surface area (Å²) in [5, 5.41) is 18.0. The highest BCUT2D eigenvalue weighted by molar-refractivity contribution is 5.60. The fraction of sp³-hybridized carbons (Fsp3) is 0.278. The van der Waals surface area contributed by atoms with Crippen LogP contribution < -0.4 is 4.90 Å². The summed E-state index contributed by atoms with van der Waals surface area (Å²) >= 11 is 0. The van der Waals surface area contributed by atoms with Gasteiger partial charge in [0.15, 0.2) is 5.82 Å². The lowest BCUT2D eigenvalue weighted by molar-refractivity contribution is -0.384. The number of hydrogen-bond donors (Lipinski definition) is 1. The van der Waals surface area contributed by atoms with Crippen LogP contribution in [0.4, 0.5) is 11.5 Å². The lowest BCUT2D eigenvalue weighted by Crippen LogP contribution is -2.31. The molecule has 0 amide bonds. The minimum Gasteiger partial charge on any atom is -0.352 e. The van der Waals surface area contributed by atoms with Crippen LogP contribution in [0.25, 0.3) is 11.4 Å². The first-order valence-electron chi connectivity index (χ1n) is 8.53. The van der Waals surface area contributed by atoms with Crippen molar-refractivity contribution in [2.45, 2.75) is 26.3 Å². The van der Waals surface area contributed by atoms with Gasteiger partial charge >= 0.3 is 0 Å². The van der Waals surface area contributed by atoms with E-state index in [1.165, 1.54) is 23.4 Å². The molecule has 26 heavy (non-hydrogen) atoms. The number of hydrogen-bond acceptors (Lipinski definition) is 6. The number of non-ortho nitro benzene ring substituents is 1. The van der Waals surface area contributed by atoms with E-state index in [-0.39, 0.29) is 5.69 Å². The Morgan fingerprint density at radius 2 is 2.08 bits per heavy atom. The Morgan fingerprint density at radius 1 is 1.27 bits per heavy atom. The molecule has 0 aliphatic carbocycles. The van der Waals surface area contributed by atoms with E-state index in [2.05, 4.69) is 27.0 Å². The van der Waals surface area contributed by atoms with Gasteiger partial charge < -0.3 is 4.90 Å². The van der Waals surface area contributed by atoms with E-state index >= 15 is 0 Å². The lowest BCUT2D eigenvalue weighted by Gasteiger charge is -2.28. The normalized spacial score (nSPS) is 13.5. The molecule has 1 aliphatic rings. The molecule has 4 rings (SSSR count). The van der Waals surface area contributed by atoms with Crippen molar-refractivity contribution in [3.63, 3.8) is 0 Å². The van der Waals surface area contributed by atoms with E-state index in [0.717, 1.165) is 43.0 Å². The van der Waals surface area contributed by atoms with E-state index in [4.69, 9.17) is 4.98 Å². The van der Waals surface area contributed by atoms with Crippen molar-refractivity contribution < 1.29 is 4.92 Å². The van der Waals surface area contributed by atoms with Gasteiger partial charge in [0.05, 0.1) is 11.1 Å². The zero-order chi connectivity index (χ0) is 18.1. The van der Waals surface area contributed by atoms with E-state index < -0.39 is 4.92 Å². The molecule has 0 saturated heterocycles. The standard InChI is InChI=1S/C18H18N6O2/c1-2-14-9-17(23-8-7-16-13(11-23)10-19-22-16)21-18(20-14)12-3-5-15(6-4-12)24(25)26/h3-6,9-10H,2,7-8,11H2,1H3,(H,19,22). The summed E-state index contributed by atoms with van der Waals surface area (Å²) in [5.41, 5.74) is 4.14. The Labute approximate surface area is 150 Å². The molecular weight excluding hydrogens is 332 g/mol. The zero-order valence-corrected chi connectivity index (χ0v) is 14.3. The molecule has 0 radical (unpaired) electrons. The van der Waals surface area contributed by atoms with E-state index in [0.29, 0.717) is 5.82 Å². The van der Waals surface area contributed by atoms with Gasteiger partial charge in [-0.25, -0.2) is 9.97 Å². The quantitative estimate of drug-likeness (QED) is 0.573. The number of fused-ring (bicyclic) bond motifs is 1. The maximum Gasteiger partial charge on any atom is 0.269 e. The molecule has 2 aromatic heterocycles. The number of nitrogens with zero attached hydrogens (tertiary/aromatic N) is 5. The van der Waals surface area contributed by atoms with Crippen molar-refractivity contribution in [3.05, 3.63) is 63.6 Å². The Kier molecular flexibility index (Phi) is 4.08. The largest absolute Gasteiger partial charge is 0.352 e. The molecule has 0 atom stereocenters. The summed E-state index contributed by atoms with van der Waals surface area (Å²) in [6.07, 6.45) is 3.55. The van der Waals surface area contributed by atoms with Crippen LogP contribution >= 0.6 is 0 Å². The highest BCUT2D eigenvalue weighted by atomic mass is 16.6. The van der Waals surface area contributed by atoms with E-state index in [1.54, 1.807) is 12.1 Å². The smallest absolute Gasteiger partial charge is 0.269 e. The molecule has 0 fully saturated rings. The van der Waals surface area contributed by atoms with Crippen molar-refractivity contribution in [3.8, 4) is 11.4 Å². The molecular formula is C18H18N6O2. The molecule has 0 unspecified atom stereocenters. The SMILES string of the molecule is CCc1cc(N2CCc3[nH]ncc3C2)nc(-c2ccc([N+](=O)[O-])cc2)n1. The summed E-state index contributed by atoms with van der Waals surface area (Å²) in [5.74, 6) is 1.46. The first-order chi connectivity index (χ1) is 12.6. The number of benzene rings is 1. The number of aromatic amines is 1. The first-order valence-corrected chi connectivity index (χ1v) is 8.53. The van der Waals surface area contributed by atoms with E-state index in [1.807, 2.05) is 12.3 Å². The van der Waals surface area contributed by atoms with Crippen LogP contribution in [0.15, 0.2) is 36.5 Å². The summed E-state index contributed by atoms with van der Waals surface area (Å²) < 4.78 is 0. The summed E-state index contributed by atoms with van der Waals surface area (Å²) in [7, 11) is 0. The first kappa shape index (κ1) is 16.2. The third-order valence-electron chi connectivity index (χ3n) is 4.59. The van der Waals surface area contributed by atoms with Gasteiger partial charge in [-0.3, -0.25) is 15.2 Å². The zero-order valence-electron chi connectivity index (χ0n) is 14.3. The average molecular weight is 350 g/mol.